The number of carbonyl (C=O) groups is 1. The fourth-order valence-electron chi connectivity index (χ4n) is 0.962. The number of aryl methyl sites for hydroxylation is 1. The van der Waals surface area contributed by atoms with E-state index in [9.17, 15) is 4.79 Å². The quantitative estimate of drug-likeness (QED) is 0.608. The van der Waals surface area contributed by atoms with Crippen LogP contribution in [0, 0.1) is 6.92 Å². The Labute approximate surface area is 97.0 Å². The van der Waals surface area contributed by atoms with Gasteiger partial charge >= 0.3 is 12.2 Å². The highest BCUT2D eigenvalue weighted by Crippen LogP contribution is 2.23. The van der Waals surface area contributed by atoms with Crippen molar-refractivity contribution in [1.82, 2.24) is 0 Å². The largest absolute Gasteiger partial charge is 0.557 e. The molecule has 76 valence electrons. The van der Waals surface area contributed by atoms with Crippen LogP contribution in [0.15, 0.2) is 24.3 Å². The molecule has 0 saturated heterocycles. The molecule has 0 saturated carbocycles. The molecule has 0 aliphatic heterocycles. The Kier molecular flexibility index (Phi) is 3.83. The molecular formula is C8H7Cl3O2Si. The van der Waals surface area contributed by atoms with Crippen LogP contribution in [0.1, 0.15) is 15.9 Å². The molecule has 0 aromatic heterocycles. The van der Waals surface area contributed by atoms with Crippen LogP contribution in [-0.2, 0) is 4.43 Å². The van der Waals surface area contributed by atoms with Crippen LogP contribution >= 0.6 is 33.2 Å². The van der Waals surface area contributed by atoms with E-state index in [1.54, 1.807) is 25.1 Å². The van der Waals surface area contributed by atoms with Gasteiger partial charge in [0.2, 0.25) is 0 Å². The zero-order valence-corrected chi connectivity index (χ0v) is 10.5. The number of halogens is 3. The molecule has 0 fully saturated rings. The second-order valence-corrected chi connectivity index (χ2v) is 10.3. The lowest BCUT2D eigenvalue weighted by Gasteiger charge is -2.10. The van der Waals surface area contributed by atoms with E-state index in [2.05, 4.69) is 0 Å². The highest BCUT2D eigenvalue weighted by atomic mass is 35.8. The number of carbonyl (C=O) groups excluding carboxylic acids is 1. The summed E-state index contributed by atoms with van der Waals surface area (Å²) < 4.78 is 4.70. The Bertz CT molecular complexity index is 349. The molecule has 0 N–H and O–H groups in total. The summed E-state index contributed by atoms with van der Waals surface area (Å²) in [5.74, 6) is -0.588. The van der Waals surface area contributed by atoms with E-state index in [4.69, 9.17) is 37.7 Å². The third-order valence-corrected chi connectivity index (χ3v) is 2.68. The first kappa shape index (κ1) is 11.8. The summed E-state index contributed by atoms with van der Waals surface area (Å²) in [4.78, 5) is 11.4. The summed E-state index contributed by atoms with van der Waals surface area (Å²) in [6.45, 7) is 1.79. The molecule has 0 aliphatic rings. The maximum atomic E-state index is 11.4. The van der Waals surface area contributed by atoms with Gasteiger partial charge in [0.1, 0.15) is 0 Å². The molecule has 0 radical (unpaired) electrons. The number of hydrogen-bond donors (Lipinski definition) is 0. The van der Waals surface area contributed by atoms with Crippen molar-refractivity contribution in [2.75, 3.05) is 0 Å². The average Bonchev–Trinajstić information content (AvgIpc) is 2.01. The van der Waals surface area contributed by atoms with Gasteiger partial charge in [-0.25, -0.2) is 4.79 Å². The lowest BCUT2D eigenvalue weighted by Crippen LogP contribution is -2.22. The van der Waals surface area contributed by atoms with Crippen molar-refractivity contribution in [1.29, 1.82) is 0 Å². The number of hydrogen-bond acceptors (Lipinski definition) is 2. The molecule has 0 atom stereocenters. The molecule has 0 spiro atoms. The Hall–Kier alpha value is -0.223. The third kappa shape index (κ3) is 3.50. The SMILES string of the molecule is Cc1ccccc1C(=O)O[Si](Cl)(Cl)Cl. The Morgan fingerprint density at radius 1 is 1.29 bits per heavy atom. The van der Waals surface area contributed by atoms with Crippen LogP contribution in [-0.4, -0.2) is 12.2 Å². The lowest BCUT2D eigenvalue weighted by atomic mass is 10.1. The van der Waals surface area contributed by atoms with Crippen molar-refractivity contribution < 1.29 is 9.22 Å². The van der Waals surface area contributed by atoms with Crippen LogP contribution in [0.2, 0.25) is 0 Å². The predicted octanol–water partition coefficient (Wildman–Crippen LogP) is 3.30. The summed E-state index contributed by atoms with van der Waals surface area (Å²) in [6.07, 6.45) is -3.36. The topological polar surface area (TPSA) is 26.3 Å². The zero-order chi connectivity index (χ0) is 10.8. The van der Waals surface area contributed by atoms with Crippen molar-refractivity contribution in [2.45, 2.75) is 6.92 Å². The highest BCUT2D eigenvalue weighted by Gasteiger charge is 2.33. The minimum absolute atomic E-state index is 0.423. The van der Waals surface area contributed by atoms with Crippen LogP contribution in [0.4, 0.5) is 0 Å². The standard InChI is InChI=1S/C8H7Cl3O2Si/c1-6-4-2-3-5-7(6)8(12)13-14(9,10)11/h2-5H,1H3. The van der Waals surface area contributed by atoms with Crippen molar-refractivity contribution in [3.8, 4) is 0 Å². The molecule has 0 bridgehead atoms. The van der Waals surface area contributed by atoms with Crippen molar-refractivity contribution in [2.24, 2.45) is 0 Å². The summed E-state index contributed by atoms with van der Waals surface area (Å²) in [5.41, 5.74) is 1.21. The Balaban J connectivity index is 2.86. The van der Waals surface area contributed by atoms with E-state index in [1.165, 1.54) is 0 Å². The van der Waals surface area contributed by atoms with Crippen LogP contribution in [0.5, 0.6) is 0 Å². The first-order valence-corrected chi connectivity index (χ1v) is 8.70. The van der Waals surface area contributed by atoms with E-state index in [1.807, 2.05) is 6.07 Å². The summed E-state index contributed by atoms with van der Waals surface area (Å²) in [7, 11) is 0. The minimum atomic E-state index is -3.36. The van der Waals surface area contributed by atoms with Gasteiger partial charge < -0.3 is 4.43 Å². The van der Waals surface area contributed by atoms with Gasteiger partial charge in [0.05, 0.1) is 5.56 Å². The van der Waals surface area contributed by atoms with Gasteiger partial charge in [-0.05, 0) is 18.6 Å². The molecule has 2 nitrogen and oxygen atoms in total. The average molecular weight is 270 g/mol. The second-order valence-electron chi connectivity index (χ2n) is 2.65. The molecule has 14 heavy (non-hydrogen) atoms. The van der Waals surface area contributed by atoms with Gasteiger partial charge in [-0.2, -0.15) is 0 Å². The maximum absolute atomic E-state index is 11.4. The van der Waals surface area contributed by atoms with Crippen LogP contribution in [0.25, 0.3) is 0 Å². The fraction of sp³-hybridized carbons (Fsp3) is 0.125. The van der Waals surface area contributed by atoms with Gasteiger partial charge in [0.25, 0.3) is 0 Å². The molecule has 0 aliphatic carbocycles. The normalized spacial score (nSPS) is 11.1. The van der Waals surface area contributed by atoms with Gasteiger partial charge in [-0.1, -0.05) is 51.4 Å². The second kappa shape index (κ2) is 4.53. The van der Waals surface area contributed by atoms with Crippen molar-refractivity contribution >= 4 is 45.5 Å². The van der Waals surface area contributed by atoms with Gasteiger partial charge in [-0.3, -0.25) is 0 Å². The van der Waals surface area contributed by atoms with E-state index >= 15 is 0 Å². The molecule has 1 aromatic rings. The number of rotatable bonds is 2. The van der Waals surface area contributed by atoms with Gasteiger partial charge in [-0.15, -0.1) is 0 Å². The van der Waals surface area contributed by atoms with E-state index in [-0.39, 0.29) is 0 Å². The number of benzene rings is 1. The molecule has 0 heterocycles. The molecule has 6 heteroatoms. The Morgan fingerprint density at radius 2 is 1.86 bits per heavy atom. The molecule has 1 aromatic carbocycles. The lowest BCUT2D eigenvalue weighted by molar-refractivity contribution is 0.0739. The molecule has 0 unspecified atom stereocenters. The minimum Gasteiger partial charge on any atom is -0.477 e. The van der Waals surface area contributed by atoms with E-state index in [0.717, 1.165) is 5.56 Å². The summed E-state index contributed by atoms with van der Waals surface area (Å²) >= 11 is 16.4. The van der Waals surface area contributed by atoms with E-state index in [0.29, 0.717) is 5.56 Å². The molecular weight excluding hydrogens is 263 g/mol. The van der Waals surface area contributed by atoms with Crippen LogP contribution < -0.4 is 0 Å². The van der Waals surface area contributed by atoms with Gasteiger partial charge in [0.15, 0.2) is 0 Å². The smallest absolute Gasteiger partial charge is 0.477 e. The molecule has 1 rings (SSSR count). The monoisotopic (exact) mass is 268 g/mol. The maximum Gasteiger partial charge on any atom is 0.557 e. The first-order valence-electron chi connectivity index (χ1n) is 3.76. The molecule has 0 amide bonds. The third-order valence-electron chi connectivity index (χ3n) is 1.57. The highest BCUT2D eigenvalue weighted by molar-refractivity contribution is 7.62. The predicted molar refractivity (Wildman–Crippen MR) is 59.9 cm³/mol. The van der Waals surface area contributed by atoms with Crippen molar-refractivity contribution in [3.63, 3.8) is 0 Å². The van der Waals surface area contributed by atoms with Crippen LogP contribution in [0.3, 0.4) is 0 Å². The van der Waals surface area contributed by atoms with Gasteiger partial charge in [0, 0.05) is 0 Å². The zero-order valence-electron chi connectivity index (χ0n) is 7.26. The Morgan fingerprint density at radius 3 is 2.36 bits per heavy atom. The fourth-order valence-corrected chi connectivity index (χ4v) is 1.91. The summed E-state index contributed by atoms with van der Waals surface area (Å²) in [6, 6.07) is 6.96. The van der Waals surface area contributed by atoms with Crippen molar-refractivity contribution in [3.05, 3.63) is 35.4 Å². The summed E-state index contributed by atoms with van der Waals surface area (Å²) in [5, 5.41) is 0. The van der Waals surface area contributed by atoms with E-state index < -0.39 is 12.2 Å². The first-order chi connectivity index (χ1) is 6.40.